The fourth-order valence-corrected chi connectivity index (χ4v) is 4.19. The lowest BCUT2D eigenvalue weighted by atomic mass is 10.1. The van der Waals surface area contributed by atoms with Gasteiger partial charge in [-0.15, -0.1) is 0 Å². The summed E-state index contributed by atoms with van der Waals surface area (Å²) in [5, 5.41) is 18.8. The number of carbonyl (C=O) groups excluding carboxylic acids is 2. The third-order valence-electron chi connectivity index (χ3n) is 6.50. The average molecular weight is 529 g/mol. The van der Waals surface area contributed by atoms with Crippen molar-refractivity contribution in [3.8, 4) is 0 Å². The molecule has 0 radical (unpaired) electrons. The Morgan fingerprint density at radius 1 is 0.486 bits per heavy atom. The van der Waals surface area contributed by atoms with Crippen molar-refractivity contribution in [3.05, 3.63) is 0 Å². The minimum atomic E-state index is -1.67. The zero-order chi connectivity index (χ0) is 27.7. The molecule has 0 amide bonds. The van der Waals surface area contributed by atoms with E-state index in [-0.39, 0.29) is 12.8 Å². The summed E-state index contributed by atoms with van der Waals surface area (Å²) in [6.07, 6.45) is 15.6. The third kappa shape index (κ3) is 21.7. The molecule has 8 nitrogen and oxygen atoms in total. The van der Waals surface area contributed by atoms with E-state index in [1.54, 1.807) is 0 Å². The summed E-state index contributed by atoms with van der Waals surface area (Å²) in [6.45, 7) is 4.36. The second-order valence-corrected chi connectivity index (χ2v) is 10.0. The van der Waals surface area contributed by atoms with Crippen LogP contribution in [0.15, 0.2) is 0 Å². The number of hydrogen-bond acceptors (Lipinski definition) is 6. The third-order valence-corrected chi connectivity index (χ3v) is 6.50. The number of carboxylic acid groups (broad SMARTS) is 2. The highest BCUT2D eigenvalue weighted by atomic mass is 16.6. The second kappa shape index (κ2) is 24.2. The molecule has 0 aliphatic carbocycles. The number of carboxylic acids is 2. The van der Waals surface area contributed by atoms with Crippen LogP contribution < -0.4 is 0 Å². The number of unbranched alkanes of at least 4 members (excludes halogenated alkanes) is 16. The molecule has 0 aromatic heterocycles. The van der Waals surface area contributed by atoms with Crippen LogP contribution in [-0.2, 0) is 28.7 Å². The van der Waals surface area contributed by atoms with Crippen molar-refractivity contribution in [2.24, 2.45) is 0 Å². The van der Waals surface area contributed by atoms with Gasteiger partial charge in [-0.1, -0.05) is 117 Å². The van der Waals surface area contributed by atoms with Gasteiger partial charge in [-0.05, 0) is 12.8 Å². The fraction of sp³-hybridized carbons (Fsp3) is 0.862. The van der Waals surface area contributed by atoms with Gasteiger partial charge in [-0.2, -0.15) is 0 Å². The summed E-state index contributed by atoms with van der Waals surface area (Å²) < 4.78 is 10.0. The number of rotatable bonds is 26. The molecule has 0 rings (SSSR count). The standard InChI is InChI=1S/C29H52O8/c1-3-5-7-9-11-13-15-17-19-21-26(30)36-24(28(32)33)23-25(29(34)35)37-27(31)22-20-18-16-14-12-10-8-6-4-2/h24-25H,3-23H2,1-2H3,(H,32,33)(H,34,35)/t24-,25-/m0/s1. The van der Waals surface area contributed by atoms with Crippen molar-refractivity contribution in [1.29, 1.82) is 0 Å². The van der Waals surface area contributed by atoms with Gasteiger partial charge >= 0.3 is 23.9 Å². The van der Waals surface area contributed by atoms with Crippen LogP contribution in [0.25, 0.3) is 0 Å². The molecule has 2 atom stereocenters. The lowest BCUT2D eigenvalue weighted by Gasteiger charge is -2.19. The van der Waals surface area contributed by atoms with Gasteiger partial charge in [0.2, 0.25) is 12.2 Å². The van der Waals surface area contributed by atoms with Gasteiger partial charge < -0.3 is 19.7 Å². The van der Waals surface area contributed by atoms with Crippen LogP contribution in [0.3, 0.4) is 0 Å². The molecule has 37 heavy (non-hydrogen) atoms. The van der Waals surface area contributed by atoms with Crippen LogP contribution in [0.5, 0.6) is 0 Å². The van der Waals surface area contributed by atoms with E-state index in [2.05, 4.69) is 13.8 Å². The van der Waals surface area contributed by atoms with Crippen molar-refractivity contribution in [2.75, 3.05) is 0 Å². The van der Waals surface area contributed by atoms with E-state index in [0.717, 1.165) is 38.5 Å². The maximum Gasteiger partial charge on any atom is 0.345 e. The molecular weight excluding hydrogens is 476 g/mol. The van der Waals surface area contributed by atoms with Crippen molar-refractivity contribution in [3.63, 3.8) is 0 Å². The summed E-state index contributed by atoms with van der Waals surface area (Å²) in [5.41, 5.74) is 0. The Labute approximate surface area is 223 Å². The predicted molar refractivity (Wildman–Crippen MR) is 143 cm³/mol. The zero-order valence-corrected chi connectivity index (χ0v) is 23.3. The normalized spacial score (nSPS) is 12.6. The molecular formula is C29H52O8. The van der Waals surface area contributed by atoms with Crippen LogP contribution in [0.2, 0.25) is 0 Å². The Bertz CT molecular complexity index is 567. The van der Waals surface area contributed by atoms with Crippen molar-refractivity contribution in [2.45, 2.75) is 161 Å². The van der Waals surface area contributed by atoms with Gasteiger partial charge in [0, 0.05) is 19.3 Å². The Morgan fingerprint density at radius 3 is 1.03 bits per heavy atom. The van der Waals surface area contributed by atoms with Gasteiger partial charge in [-0.25, -0.2) is 9.59 Å². The van der Waals surface area contributed by atoms with Gasteiger partial charge in [0.25, 0.3) is 0 Å². The van der Waals surface area contributed by atoms with Crippen molar-refractivity contribution < 1.29 is 38.9 Å². The van der Waals surface area contributed by atoms with E-state index in [9.17, 15) is 29.4 Å². The molecule has 0 unspecified atom stereocenters. The van der Waals surface area contributed by atoms with Gasteiger partial charge in [-0.3, -0.25) is 9.59 Å². The minimum absolute atomic E-state index is 0.0791. The van der Waals surface area contributed by atoms with Crippen LogP contribution in [0.1, 0.15) is 149 Å². The molecule has 0 heterocycles. The first-order valence-electron chi connectivity index (χ1n) is 14.7. The Balaban J connectivity index is 4.23. The number of hydrogen-bond donors (Lipinski definition) is 2. The smallest absolute Gasteiger partial charge is 0.345 e. The summed E-state index contributed by atoms with van der Waals surface area (Å²) in [5.74, 6) is -4.27. The molecule has 0 aliphatic rings. The molecule has 0 saturated heterocycles. The molecule has 2 N–H and O–H groups in total. The molecule has 0 aromatic carbocycles. The molecule has 0 aliphatic heterocycles. The molecule has 0 spiro atoms. The number of ether oxygens (including phenoxy) is 2. The first kappa shape index (κ1) is 34.9. The molecule has 0 fully saturated rings. The van der Waals surface area contributed by atoms with Gasteiger partial charge in [0.1, 0.15) is 0 Å². The molecule has 0 aromatic rings. The van der Waals surface area contributed by atoms with E-state index in [4.69, 9.17) is 9.47 Å². The predicted octanol–water partition coefficient (Wildman–Crippen LogP) is 7.21. The highest BCUT2D eigenvalue weighted by Crippen LogP contribution is 2.15. The monoisotopic (exact) mass is 528 g/mol. The average Bonchev–Trinajstić information content (AvgIpc) is 2.85. The SMILES string of the molecule is CCCCCCCCCCCC(=O)O[C@@H](C[C@H](OC(=O)CCCCCCCCCCC)C(=O)O)C(=O)O. The highest BCUT2D eigenvalue weighted by molar-refractivity contribution is 5.81. The molecule has 216 valence electrons. The summed E-state index contributed by atoms with van der Waals surface area (Å²) in [6, 6.07) is 0. The first-order valence-corrected chi connectivity index (χ1v) is 14.7. The maximum atomic E-state index is 12.1. The number of esters is 2. The number of aliphatic carboxylic acids is 2. The molecule has 0 saturated carbocycles. The molecule has 0 bridgehead atoms. The van der Waals surface area contributed by atoms with E-state index in [1.807, 2.05) is 0 Å². The van der Waals surface area contributed by atoms with Gasteiger partial charge in [0.15, 0.2) is 0 Å². The van der Waals surface area contributed by atoms with Crippen molar-refractivity contribution >= 4 is 23.9 Å². The highest BCUT2D eigenvalue weighted by Gasteiger charge is 2.32. The maximum absolute atomic E-state index is 12.1. The first-order chi connectivity index (χ1) is 17.8. The fourth-order valence-electron chi connectivity index (χ4n) is 4.19. The Kier molecular flexibility index (Phi) is 22.8. The quantitative estimate of drug-likeness (QED) is 0.0890. The van der Waals surface area contributed by atoms with Crippen LogP contribution in [0.4, 0.5) is 0 Å². The Morgan fingerprint density at radius 2 is 0.757 bits per heavy atom. The van der Waals surface area contributed by atoms with Crippen LogP contribution in [0, 0.1) is 0 Å². The van der Waals surface area contributed by atoms with Gasteiger partial charge in [0.05, 0.1) is 0 Å². The van der Waals surface area contributed by atoms with Crippen LogP contribution in [-0.4, -0.2) is 46.3 Å². The summed E-state index contributed by atoms with van der Waals surface area (Å²) in [7, 11) is 0. The summed E-state index contributed by atoms with van der Waals surface area (Å²) >= 11 is 0. The van der Waals surface area contributed by atoms with Crippen molar-refractivity contribution in [1.82, 2.24) is 0 Å². The van der Waals surface area contributed by atoms with E-state index in [1.165, 1.54) is 64.2 Å². The van der Waals surface area contributed by atoms with Crippen LogP contribution >= 0.6 is 0 Å². The summed E-state index contributed by atoms with van der Waals surface area (Å²) in [4.78, 5) is 47.3. The second-order valence-electron chi connectivity index (χ2n) is 10.0. The van der Waals surface area contributed by atoms with E-state index < -0.39 is 42.5 Å². The number of carbonyl (C=O) groups is 4. The molecule has 8 heteroatoms. The zero-order valence-electron chi connectivity index (χ0n) is 23.3. The minimum Gasteiger partial charge on any atom is -0.479 e. The van der Waals surface area contributed by atoms with E-state index in [0.29, 0.717) is 12.8 Å². The Hall–Kier alpha value is -2.12. The lowest BCUT2D eigenvalue weighted by molar-refractivity contribution is -0.174. The van der Waals surface area contributed by atoms with E-state index >= 15 is 0 Å². The lowest BCUT2D eigenvalue weighted by Crippen LogP contribution is -2.36. The largest absolute Gasteiger partial charge is 0.479 e. The topological polar surface area (TPSA) is 127 Å².